The van der Waals surface area contributed by atoms with Gasteiger partial charge in [0.05, 0.1) is 25.9 Å². The van der Waals surface area contributed by atoms with Crippen LogP contribution in [0.2, 0.25) is 18.1 Å². The van der Waals surface area contributed by atoms with Crippen LogP contribution in [-0.4, -0.2) is 62.7 Å². The summed E-state index contributed by atoms with van der Waals surface area (Å²) in [5.41, 5.74) is 3.41. The van der Waals surface area contributed by atoms with Crippen LogP contribution in [0.4, 0.5) is 0 Å². The molecule has 0 unspecified atom stereocenters. The van der Waals surface area contributed by atoms with E-state index in [2.05, 4.69) is 61.6 Å². The number of rotatable bonds is 20. The first-order valence-electron chi connectivity index (χ1n) is 20.6. The highest BCUT2D eigenvalue weighted by atomic mass is 28.4. The molecule has 4 rings (SSSR count). The molecule has 3 aromatic rings. The summed E-state index contributed by atoms with van der Waals surface area (Å²) >= 11 is 0. The number of carbonyl (C=O) groups excluding carboxylic acids is 3. The van der Waals surface area contributed by atoms with Gasteiger partial charge in [0.2, 0.25) is 0 Å². The molecule has 0 saturated heterocycles. The lowest BCUT2D eigenvalue weighted by Gasteiger charge is -2.42. The fourth-order valence-corrected chi connectivity index (χ4v) is 8.25. The van der Waals surface area contributed by atoms with Gasteiger partial charge in [-0.25, -0.2) is 9.78 Å². The second-order valence-corrected chi connectivity index (χ2v) is 21.9. The van der Waals surface area contributed by atoms with E-state index in [0.717, 1.165) is 35.3 Å². The number of ether oxygens (including phenoxy) is 5. The smallest absolute Gasteiger partial charge is 0.342 e. The topological polar surface area (TPSA) is 133 Å². The summed E-state index contributed by atoms with van der Waals surface area (Å²) < 4.78 is 42.0. The Bertz CT molecular complexity index is 1860. The zero-order valence-electron chi connectivity index (χ0n) is 36.6. The summed E-state index contributed by atoms with van der Waals surface area (Å²) in [6.07, 6.45) is 6.92. The SMILES string of the molecule is CC[C@H](C)Cc1ccc2c(c1OC(C)=O)C(=O)O[C@H](C[C@@H](/C=C/c1coc(C[C@H](O[Si](C)(C)C(C)(C)C)[C@H](C)[C@@H](CC)OCc3ccc(OC)cc3)n1)OC(C)=O)C2. The first-order valence-corrected chi connectivity index (χ1v) is 23.5. The van der Waals surface area contributed by atoms with Gasteiger partial charge in [-0.1, -0.05) is 79.2 Å². The Hall–Kier alpha value is -4.26. The Balaban J connectivity index is 1.50. The van der Waals surface area contributed by atoms with Crippen molar-refractivity contribution in [1.82, 2.24) is 4.98 Å². The Morgan fingerprint density at radius 2 is 1.69 bits per heavy atom. The molecule has 2 aromatic carbocycles. The van der Waals surface area contributed by atoms with Crippen LogP contribution in [0.25, 0.3) is 6.08 Å². The molecule has 0 amide bonds. The van der Waals surface area contributed by atoms with Crippen molar-refractivity contribution in [1.29, 1.82) is 0 Å². The number of aromatic nitrogens is 1. The van der Waals surface area contributed by atoms with Gasteiger partial charge in [-0.3, -0.25) is 9.59 Å². The van der Waals surface area contributed by atoms with Crippen molar-refractivity contribution in [3.63, 3.8) is 0 Å². The zero-order chi connectivity index (χ0) is 42.8. The third-order valence-corrected chi connectivity index (χ3v) is 16.0. The first kappa shape index (κ1) is 46.4. The van der Waals surface area contributed by atoms with Crippen molar-refractivity contribution in [2.24, 2.45) is 11.8 Å². The second-order valence-electron chi connectivity index (χ2n) is 17.1. The fraction of sp³-hybridized carbons (Fsp3) is 0.565. The molecule has 6 atom stereocenters. The Kier molecular flexibility index (Phi) is 16.5. The van der Waals surface area contributed by atoms with Crippen LogP contribution in [0.3, 0.4) is 0 Å². The molecule has 1 aliphatic rings. The van der Waals surface area contributed by atoms with E-state index in [9.17, 15) is 14.4 Å². The highest BCUT2D eigenvalue weighted by molar-refractivity contribution is 6.74. The molecule has 11 nitrogen and oxygen atoms in total. The highest BCUT2D eigenvalue weighted by Gasteiger charge is 2.42. The molecular formula is C46H65NO10Si. The highest BCUT2D eigenvalue weighted by Crippen LogP contribution is 2.40. The van der Waals surface area contributed by atoms with Crippen molar-refractivity contribution < 1.29 is 46.9 Å². The first-order chi connectivity index (χ1) is 27.3. The summed E-state index contributed by atoms with van der Waals surface area (Å²) in [7, 11) is -0.555. The molecule has 0 N–H and O–H groups in total. The predicted molar refractivity (Wildman–Crippen MR) is 226 cm³/mol. The number of hydrogen-bond donors (Lipinski definition) is 0. The standard InChI is InChI=1S/C46H65NO10Si/c1-13-29(3)23-35-18-17-34-24-39(56-45(50)43(34)44(35)55-32(6)49)25-38(54-31(5)48)22-19-36-28-53-42(47-36)26-41(57-58(11,12)46(7,8)9)30(4)40(14-2)52-27-33-15-20-37(51-10)21-16-33/h15-22,28-30,38-41H,13-14,23-27H2,1-12H3/b22-19+/t29-,30+,38+,39-,40+,41-/m0/s1. The Labute approximate surface area is 346 Å². The minimum Gasteiger partial charge on any atom is -0.497 e. The van der Waals surface area contributed by atoms with Crippen LogP contribution in [-0.2, 0) is 54.1 Å². The number of carbonyl (C=O) groups is 3. The van der Waals surface area contributed by atoms with Crippen molar-refractivity contribution in [2.45, 2.75) is 150 Å². The van der Waals surface area contributed by atoms with Crippen molar-refractivity contribution >= 4 is 32.3 Å². The van der Waals surface area contributed by atoms with Gasteiger partial charge in [-0.2, -0.15) is 0 Å². The number of esters is 3. The van der Waals surface area contributed by atoms with E-state index in [4.69, 9.17) is 37.5 Å². The molecule has 2 heterocycles. The summed E-state index contributed by atoms with van der Waals surface area (Å²) in [5.74, 6) is 0.418. The van der Waals surface area contributed by atoms with E-state index >= 15 is 0 Å². The van der Waals surface area contributed by atoms with E-state index < -0.39 is 38.4 Å². The average Bonchev–Trinajstić information content (AvgIpc) is 3.60. The number of nitrogens with zero attached hydrogens (tertiary/aromatic N) is 1. The number of oxazole rings is 1. The van der Waals surface area contributed by atoms with Crippen LogP contribution in [0, 0.1) is 11.8 Å². The van der Waals surface area contributed by atoms with Crippen molar-refractivity contribution in [2.75, 3.05) is 7.11 Å². The predicted octanol–water partition coefficient (Wildman–Crippen LogP) is 9.88. The van der Waals surface area contributed by atoms with E-state index in [1.807, 2.05) is 36.4 Å². The molecule has 58 heavy (non-hydrogen) atoms. The van der Waals surface area contributed by atoms with Gasteiger partial charge in [0.15, 0.2) is 14.2 Å². The van der Waals surface area contributed by atoms with Crippen molar-refractivity contribution in [3.8, 4) is 11.5 Å². The number of cyclic esters (lactones) is 1. The lowest BCUT2D eigenvalue weighted by Crippen LogP contribution is -2.48. The van der Waals surface area contributed by atoms with E-state index in [1.165, 1.54) is 13.8 Å². The van der Waals surface area contributed by atoms with Gasteiger partial charge in [-0.05, 0) is 77.9 Å². The Morgan fingerprint density at radius 3 is 2.29 bits per heavy atom. The summed E-state index contributed by atoms with van der Waals surface area (Å²) in [6.45, 7) is 22.8. The molecule has 1 aromatic heterocycles. The minimum absolute atomic E-state index is 0.0114. The average molecular weight is 820 g/mol. The number of fused-ring (bicyclic) bond motifs is 1. The number of methoxy groups -OCH3 is 1. The van der Waals surface area contributed by atoms with Gasteiger partial charge < -0.3 is 32.5 Å². The molecule has 318 valence electrons. The van der Waals surface area contributed by atoms with E-state index in [0.29, 0.717) is 43.4 Å². The third-order valence-electron chi connectivity index (χ3n) is 11.5. The van der Waals surface area contributed by atoms with Gasteiger partial charge >= 0.3 is 17.9 Å². The summed E-state index contributed by atoms with van der Waals surface area (Å²) in [6, 6.07) is 11.7. The van der Waals surface area contributed by atoms with E-state index in [-0.39, 0.29) is 40.9 Å². The summed E-state index contributed by atoms with van der Waals surface area (Å²) in [5, 5.41) is -0.0114. The molecule has 0 spiro atoms. The monoisotopic (exact) mass is 819 g/mol. The number of hydrogen-bond acceptors (Lipinski definition) is 11. The van der Waals surface area contributed by atoms with Crippen LogP contribution in [0.15, 0.2) is 53.2 Å². The van der Waals surface area contributed by atoms with Crippen LogP contribution in [0.1, 0.15) is 120 Å². The number of benzene rings is 2. The van der Waals surface area contributed by atoms with Crippen LogP contribution in [0.5, 0.6) is 11.5 Å². The molecule has 1 aliphatic heterocycles. The molecule has 0 fully saturated rings. The lowest BCUT2D eigenvalue weighted by molar-refractivity contribution is -0.145. The maximum Gasteiger partial charge on any atom is 0.342 e. The van der Waals surface area contributed by atoms with Crippen molar-refractivity contribution in [3.05, 3.63) is 82.6 Å². The van der Waals surface area contributed by atoms with E-state index in [1.54, 1.807) is 25.5 Å². The van der Waals surface area contributed by atoms with Crippen LogP contribution >= 0.6 is 0 Å². The largest absolute Gasteiger partial charge is 0.497 e. The van der Waals surface area contributed by atoms with Gasteiger partial charge in [0.25, 0.3) is 0 Å². The second kappa shape index (κ2) is 20.6. The third kappa shape index (κ3) is 12.9. The molecular weight excluding hydrogens is 755 g/mol. The minimum atomic E-state index is -2.21. The molecule has 0 saturated carbocycles. The quantitative estimate of drug-likeness (QED) is 0.0613. The Morgan fingerprint density at radius 1 is 0.983 bits per heavy atom. The lowest BCUT2D eigenvalue weighted by atomic mass is 9.90. The maximum absolute atomic E-state index is 13.5. The fourth-order valence-electron chi connectivity index (χ4n) is 6.84. The normalized spacial score (nSPS) is 17.2. The van der Waals surface area contributed by atoms with Crippen LogP contribution < -0.4 is 9.47 Å². The van der Waals surface area contributed by atoms with Gasteiger partial charge in [0, 0.05) is 39.0 Å². The maximum atomic E-state index is 13.5. The van der Waals surface area contributed by atoms with Gasteiger partial charge in [0.1, 0.15) is 41.2 Å². The summed E-state index contributed by atoms with van der Waals surface area (Å²) in [4.78, 5) is 42.5. The molecule has 0 radical (unpaired) electrons. The molecule has 0 bridgehead atoms. The van der Waals surface area contributed by atoms with Gasteiger partial charge in [-0.15, -0.1) is 0 Å². The molecule has 0 aliphatic carbocycles. The molecule has 12 heteroatoms. The zero-order valence-corrected chi connectivity index (χ0v) is 37.6.